The zero-order valence-electron chi connectivity index (χ0n) is 4.99. The van der Waals surface area contributed by atoms with E-state index in [1.165, 1.54) is 0 Å². The molecule has 0 atom stereocenters. The van der Waals surface area contributed by atoms with Crippen molar-refractivity contribution in [2.24, 2.45) is 0 Å². The minimum absolute atomic E-state index is 0. The smallest absolute Gasteiger partial charge is 0.334 e. The van der Waals surface area contributed by atoms with Gasteiger partial charge in [-0.25, -0.2) is 0 Å². The zero-order chi connectivity index (χ0) is 5.15. The fourth-order valence-electron chi connectivity index (χ4n) is 0. The molecule has 0 fully saturated rings. The number of carbonyl (C=O) groups is 1. The number of Topliss-reactive ketones (excluding diaryl/α,β-unsaturated/α-hetero) is 1. The second-order valence-corrected chi connectivity index (χ2v) is 1.56. The maximum atomic E-state index is 10.1. The number of hydrogen-bond acceptors (Lipinski definition) is 1. The first-order valence-electron chi connectivity index (χ1n) is 1.95. The minimum atomic E-state index is 0. The van der Waals surface area contributed by atoms with Crippen molar-refractivity contribution in [1.82, 2.24) is 0 Å². The fraction of sp³-hybridized carbons (Fsp3) is 0.600. The van der Waals surface area contributed by atoms with E-state index in [9.17, 15) is 4.79 Å². The van der Waals surface area contributed by atoms with E-state index in [4.69, 9.17) is 0 Å². The summed E-state index contributed by atoms with van der Waals surface area (Å²) in [6.45, 7) is 5.18. The van der Waals surface area contributed by atoms with E-state index in [0.29, 0.717) is 0 Å². The molecule has 0 rings (SSSR count). The van der Waals surface area contributed by atoms with Crippen molar-refractivity contribution >= 4 is 5.78 Å². The molecular formula is C5H9OY+2. The zero-order valence-corrected chi connectivity index (χ0v) is 7.82. The summed E-state index contributed by atoms with van der Waals surface area (Å²) in [6, 6.07) is 0. The molecule has 0 aromatic heterocycles. The molecule has 1 nitrogen and oxygen atoms in total. The Morgan fingerprint density at radius 1 is 1.43 bits per heavy atom. The van der Waals surface area contributed by atoms with Crippen molar-refractivity contribution in [3.8, 4) is 0 Å². The van der Waals surface area contributed by atoms with E-state index in [1.807, 2.05) is 13.8 Å². The Bertz CT molecular complexity index is 59.1. The van der Waals surface area contributed by atoms with Crippen LogP contribution in [-0.2, 0) is 37.5 Å². The predicted octanol–water partition coefficient (Wildman–Crippen LogP) is 1.19. The molecule has 0 radical (unpaired) electrons. The average molecular weight is 174 g/mol. The summed E-state index contributed by atoms with van der Waals surface area (Å²) in [6.07, 6.45) is 0. The summed E-state index contributed by atoms with van der Waals surface area (Å²) in [4.78, 5) is 10.1. The Balaban J connectivity index is 0. The molecule has 0 aliphatic rings. The molecule has 7 heavy (non-hydrogen) atoms. The van der Waals surface area contributed by atoms with Crippen LogP contribution in [0.1, 0.15) is 20.8 Å². The maximum Gasteiger partial charge on any atom is 3.00 e. The second kappa shape index (κ2) is 4.79. The van der Waals surface area contributed by atoms with Gasteiger partial charge in [-0.2, -0.15) is 13.8 Å². The minimum Gasteiger partial charge on any atom is -0.334 e. The van der Waals surface area contributed by atoms with Gasteiger partial charge in [-0.1, -0.05) is 0 Å². The molecule has 0 N–H and O–H groups in total. The first-order chi connectivity index (χ1) is 2.64. The van der Waals surface area contributed by atoms with Crippen LogP contribution < -0.4 is 0 Å². The molecule has 0 saturated carbocycles. The van der Waals surface area contributed by atoms with Crippen LogP contribution in [0.2, 0.25) is 0 Å². The largest absolute Gasteiger partial charge is 3.00 e. The van der Waals surface area contributed by atoms with Gasteiger partial charge in [0.25, 0.3) is 0 Å². The van der Waals surface area contributed by atoms with Crippen molar-refractivity contribution in [2.75, 3.05) is 0 Å². The predicted molar refractivity (Wildman–Crippen MR) is 25.3 cm³/mol. The number of carbonyl (C=O) groups excluding carboxylic acids is 1. The third-order valence-corrected chi connectivity index (χ3v) is 0.704. The molecule has 0 saturated heterocycles. The average Bonchev–Trinajstić information content (AvgIpc) is 1.36. The van der Waals surface area contributed by atoms with Gasteiger partial charge >= 0.3 is 32.7 Å². The molecule has 0 aromatic carbocycles. The van der Waals surface area contributed by atoms with Gasteiger partial charge in [-0.05, 0) is 12.7 Å². The molecule has 0 bridgehead atoms. The first kappa shape index (κ1) is 10.6. The Morgan fingerprint density at radius 3 is 1.57 bits per heavy atom. The van der Waals surface area contributed by atoms with Gasteiger partial charge < -0.3 is 10.7 Å². The summed E-state index contributed by atoms with van der Waals surface area (Å²) in [5, 5.41) is 0. The van der Waals surface area contributed by atoms with E-state index in [1.54, 1.807) is 6.92 Å². The fourth-order valence-corrected chi connectivity index (χ4v) is 0. The van der Waals surface area contributed by atoms with Crippen LogP contribution in [0.15, 0.2) is 0 Å². The van der Waals surface area contributed by atoms with Gasteiger partial charge in [0.15, 0.2) is 0 Å². The molecule has 0 aliphatic carbocycles. The summed E-state index contributed by atoms with van der Waals surface area (Å²) in [7, 11) is 0. The molecule has 36 valence electrons. The standard InChI is InChI=1S/C5H9O.Y/c1-4(2)5(3)6;/h1-3H3;/q-1;+3. The monoisotopic (exact) mass is 174 g/mol. The topological polar surface area (TPSA) is 17.1 Å². The van der Waals surface area contributed by atoms with E-state index in [0.717, 1.165) is 5.92 Å². The second-order valence-electron chi connectivity index (χ2n) is 1.56. The third-order valence-electron chi connectivity index (χ3n) is 0.704. The summed E-state index contributed by atoms with van der Waals surface area (Å²) in [5.41, 5.74) is 0. The molecule has 0 amide bonds. The van der Waals surface area contributed by atoms with Gasteiger partial charge in [0, 0.05) is 0 Å². The Labute approximate surface area is 69.7 Å². The van der Waals surface area contributed by atoms with Crippen LogP contribution in [0.5, 0.6) is 0 Å². The Hall–Kier alpha value is 0.644. The maximum absolute atomic E-state index is 10.1. The molecule has 0 unspecified atom stereocenters. The van der Waals surface area contributed by atoms with Gasteiger partial charge in [0.2, 0.25) is 0 Å². The molecule has 2 heteroatoms. The van der Waals surface area contributed by atoms with Gasteiger partial charge in [-0.3, -0.25) is 0 Å². The van der Waals surface area contributed by atoms with E-state index < -0.39 is 0 Å². The van der Waals surface area contributed by atoms with Crippen LogP contribution in [0.3, 0.4) is 0 Å². The molecular weight excluding hydrogens is 165 g/mol. The number of hydrogen-bond donors (Lipinski definition) is 0. The normalized spacial score (nSPS) is 6.71. The molecule has 0 spiro atoms. The first-order valence-corrected chi connectivity index (χ1v) is 1.95. The van der Waals surface area contributed by atoms with Gasteiger partial charge in [0.05, 0.1) is 0 Å². The van der Waals surface area contributed by atoms with Crippen LogP contribution in [0, 0.1) is 5.92 Å². The Kier molecular flexibility index (Phi) is 7.26. The summed E-state index contributed by atoms with van der Waals surface area (Å²) < 4.78 is 0. The van der Waals surface area contributed by atoms with Crippen LogP contribution in [0.25, 0.3) is 0 Å². The van der Waals surface area contributed by atoms with Gasteiger partial charge in [0.1, 0.15) is 0 Å². The Morgan fingerprint density at radius 2 is 1.57 bits per heavy atom. The molecule has 0 heterocycles. The molecule has 0 aliphatic heterocycles. The third kappa shape index (κ3) is 6.64. The van der Waals surface area contributed by atoms with Crippen molar-refractivity contribution in [2.45, 2.75) is 20.8 Å². The summed E-state index contributed by atoms with van der Waals surface area (Å²) in [5.74, 6) is 1.05. The van der Waals surface area contributed by atoms with Crippen molar-refractivity contribution in [3.05, 3.63) is 5.92 Å². The van der Waals surface area contributed by atoms with Crippen molar-refractivity contribution in [3.63, 3.8) is 0 Å². The van der Waals surface area contributed by atoms with E-state index in [2.05, 4.69) is 0 Å². The van der Waals surface area contributed by atoms with Crippen molar-refractivity contribution in [1.29, 1.82) is 0 Å². The number of rotatable bonds is 1. The number of ketones is 1. The van der Waals surface area contributed by atoms with E-state index in [-0.39, 0.29) is 38.5 Å². The molecule has 0 aromatic rings. The van der Waals surface area contributed by atoms with Crippen molar-refractivity contribution < 1.29 is 37.5 Å². The van der Waals surface area contributed by atoms with Crippen LogP contribution >= 0.6 is 0 Å². The van der Waals surface area contributed by atoms with Crippen LogP contribution in [0.4, 0.5) is 0 Å². The SMILES string of the molecule is CC(=O)[C-](C)C.[Y+3]. The van der Waals surface area contributed by atoms with Crippen LogP contribution in [-0.4, -0.2) is 5.78 Å². The summed E-state index contributed by atoms with van der Waals surface area (Å²) >= 11 is 0. The van der Waals surface area contributed by atoms with Gasteiger partial charge in [-0.15, -0.1) is 0 Å². The quantitative estimate of drug-likeness (QED) is 0.545. The van der Waals surface area contributed by atoms with E-state index >= 15 is 0 Å².